The van der Waals surface area contributed by atoms with Crippen molar-refractivity contribution in [2.45, 2.75) is 32.6 Å². The lowest BCUT2D eigenvalue weighted by Crippen LogP contribution is -2.50. The molecule has 2 unspecified atom stereocenters. The number of aliphatic imine (C=N–C) groups is 1. The van der Waals surface area contributed by atoms with Crippen molar-refractivity contribution in [2.24, 2.45) is 4.99 Å². The molecule has 0 saturated carbocycles. The van der Waals surface area contributed by atoms with Crippen LogP contribution >= 0.6 is 24.0 Å². The summed E-state index contributed by atoms with van der Waals surface area (Å²) in [5, 5.41) is 3.38. The number of morpholine rings is 1. The van der Waals surface area contributed by atoms with Gasteiger partial charge in [0.25, 0.3) is 0 Å². The molecular formula is C23H32FIN4O3. The van der Waals surface area contributed by atoms with Crippen LogP contribution in [0, 0.1) is 5.82 Å². The molecule has 2 aromatic rings. The SMILES string of the molecule is CCNC(=NCc1cccnc1OCCOC)N1CC(C)OC(c2ccc(F)cc2)C1.I. The topological polar surface area (TPSA) is 68.2 Å². The van der Waals surface area contributed by atoms with Crippen LogP contribution in [0.25, 0.3) is 0 Å². The summed E-state index contributed by atoms with van der Waals surface area (Å²) in [6.07, 6.45) is 1.57. The van der Waals surface area contributed by atoms with Gasteiger partial charge in [-0.15, -0.1) is 24.0 Å². The standard InChI is InChI=1S/C23H31FN4O3.HI/c1-4-25-23(27-14-19-6-5-11-26-22(19)30-13-12-29-3)28-15-17(2)31-21(16-28)18-7-9-20(24)10-8-18;/h5-11,17,21H,4,12-16H2,1-3H3,(H,25,27);1H. The van der Waals surface area contributed by atoms with E-state index in [1.54, 1.807) is 25.4 Å². The van der Waals surface area contributed by atoms with E-state index in [4.69, 9.17) is 19.2 Å². The number of methoxy groups -OCH3 is 1. The molecule has 1 N–H and O–H groups in total. The van der Waals surface area contributed by atoms with E-state index in [-0.39, 0.29) is 42.0 Å². The lowest BCUT2D eigenvalue weighted by molar-refractivity contribution is -0.0605. The summed E-state index contributed by atoms with van der Waals surface area (Å²) in [5.41, 5.74) is 1.86. The Labute approximate surface area is 206 Å². The molecule has 0 radical (unpaired) electrons. The van der Waals surface area contributed by atoms with Crippen LogP contribution in [-0.2, 0) is 16.0 Å². The third kappa shape index (κ3) is 7.56. The zero-order valence-corrected chi connectivity index (χ0v) is 21.1. The van der Waals surface area contributed by atoms with E-state index in [1.807, 2.05) is 26.0 Å². The Morgan fingerprint density at radius 2 is 2.03 bits per heavy atom. The number of aromatic nitrogens is 1. The smallest absolute Gasteiger partial charge is 0.218 e. The molecule has 1 aromatic heterocycles. The number of nitrogens with one attached hydrogen (secondary N) is 1. The maximum Gasteiger partial charge on any atom is 0.218 e. The molecule has 1 aromatic carbocycles. The zero-order valence-electron chi connectivity index (χ0n) is 18.8. The van der Waals surface area contributed by atoms with Crippen LogP contribution in [0.4, 0.5) is 4.39 Å². The van der Waals surface area contributed by atoms with Crippen molar-refractivity contribution in [1.29, 1.82) is 0 Å². The highest BCUT2D eigenvalue weighted by Gasteiger charge is 2.28. The monoisotopic (exact) mass is 558 g/mol. The molecule has 32 heavy (non-hydrogen) atoms. The largest absolute Gasteiger partial charge is 0.475 e. The van der Waals surface area contributed by atoms with Gasteiger partial charge in [-0.05, 0) is 37.6 Å². The Kier molecular flexibility index (Phi) is 11.1. The molecule has 0 spiro atoms. The first-order chi connectivity index (χ1) is 15.1. The van der Waals surface area contributed by atoms with E-state index in [0.29, 0.717) is 38.7 Å². The van der Waals surface area contributed by atoms with Gasteiger partial charge in [0.1, 0.15) is 18.5 Å². The quantitative estimate of drug-likeness (QED) is 0.230. The highest BCUT2D eigenvalue weighted by Crippen LogP contribution is 2.26. The first-order valence-corrected chi connectivity index (χ1v) is 10.6. The van der Waals surface area contributed by atoms with Gasteiger partial charge < -0.3 is 24.4 Å². The molecule has 3 rings (SSSR count). The molecule has 9 heteroatoms. The number of guanidine groups is 1. The number of pyridine rings is 1. The van der Waals surface area contributed by atoms with Gasteiger partial charge >= 0.3 is 0 Å². The molecule has 2 atom stereocenters. The number of hydrogen-bond acceptors (Lipinski definition) is 5. The van der Waals surface area contributed by atoms with Crippen LogP contribution in [-0.4, -0.2) is 61.9 Å². The van der Waals surface area contributed by atoms with Gasteiger partial charge in [-0.3, -0.25) is 0 Å². The van der Waals surface area contributed by atoms with Crippen LogP contribution in [0.15, 0.2) is 47.6 Å². The fraction of sp³-hybridized carbons (Fsp3) is 0.478. The Balaban J connectivity index is 0.00000363. The minimum absolute atomic E-state index is 0. The lowest BCUT2D eigenvalue weighted by atomic mass is 10.1. The second-order valence-electron chi connectivity index (χ2n) is 7.37. The number of halogens is 2. The minimum atomic E-state index is -0.251. The summed E-state index contributed by atoms with van der Waals surface area (Å²) in [6.45, 7) is 7.54. The summed E-state index contributed by atoms with van der Waals surface area (Å²) < 4.78 is 30.2. The van der Waals surface area contributed by atoms with E-state index in [1.165, 1.54) is 12.1 Å². The molecular weight excluding hydrogens is 526 g/mol. The molecule has 1 fully saturated rings. The second kappa shape index (κ2) is 13.5. The predicted octanol–water partition coefficient (Wildman–Crippen LogP) is 3.79. The molecule has 2 heterocycles. The first-order valence-electron chi connectivity index (χ1n) is 10.6. The number of benzene rings is 1. The van der Waals surface area contributed by atoms with Crippen molar-refractivity contribution < 1.29 is 18.6 Å². The van der Waals surface area contributed by atoms with E-state index < -0.39 is 0 Å². The summed E-state index contributed by atoms with van der Waals surface area (Å²) in [4.78, 5) is 11.4. The van der Waals surface area contributed by atoms with Crippen molar-refractivity contribution >= 4 is 29.9 Å². The van der Waals surface area contributed by atoms with Gasteiger partial charge in [0.2, 0.25) is 5.88 Å². The number of hydrogen-bond donors (Lipinski definition) is 1. The number of rotatable bonds is 8. The van der Waals surface area contributed by atoms with E-state index in [0.717, 1.165) is 23.6 Å². The van der Waals surface area contributed by atoms with Crippen LogP contribution < -0.4 is 10.1 Å². The minimum Gasteiger partial charge on any atom is -0.475 e. The highest BCUT2D eigenvalue weighted by atomic mass is 127. The molecule has 1 aliphatic heterocycles. The van der Waals surface area contributed by atoms with Crippen molar-refractivity contribution in [3.63, 3.8) is 0 Å². The average molecular weight is 558 g/mol. The van der Waals surface area contributed by atoms with E-state index in [9.17, 15) is 4.39 Å². The summed E-state index contributed by atoms with van der Waals surface area (Å²) in [6, 6.07) is 10.3. The third-order valence-electron chi connectivity index (χ3n) is 4.91. The van der Waals surface area contributed by atoms with Gasteiger partial charge in [-0.2, -0.15) is 0 Å². The fourth-order valence-corrected chi connectivity index (χ4v) is 3.47. The molecule has 1 saturated heterocycles. The maximum absolute atomic E-state index is 13.3. The van der Waals surface area contributed by atoms with Gasteiger partial charge in [0.05, 0.1) is 25.8 Å². The molecule has 0 bridgehead atoms. The maximum atomic E-state index is 13.3. The van der Waals surface area contributed by atoms with Crippen molar-refractivity contribution in [2.75, 3.05) is 40.0 Å². The summed E-state index contributed by atoms with van der Waals surface area (Å²) >= 11 is 0. The van der Waals surface area contributed by atoms with Crippen LogP contribution in [0.2, 0.25) is 0 Å². The zero-order chi connectivity index (χ0) is 22.1. The normalized spacial score (nSPS) is 18.8. The van der Waals surface area contributed by atoms with Gasteiger partial charge in [0.15, 0.2) is 5.96 Å². The van der Waals surface area contributed by atoms with Gasteiger partial charge in [-0.1, -0.05) is 18.2 Å². The molecule has 176 valence electrons. The van der Waals surface area contributed by atoms with Crippen LogP contribution in [0.3, 0.4) is 0 Å². The van der Waals surface area contributed by atoms with Crippen LogP contribution in [0.1, 0.15) is 31.1 Å². The van der Waals surface area contributed by atoms with Crippen LogP contribution in [0.5, 0.6) is 5.88 Å². The number of ether oxygens (including phenoxy) is 3. The van der Waals surface area contributed by atoms with Crippen molar-refractivity contribution in [1.82, 2.24) is 15.2 Å². The molecule has 7 nitrogen and oxygen atoms in total. The first kappa shape index (κ1) is 26.3. The summed E-state index contributed by atoms with van der Waals surface area (Å²) in [7, 11) is 1.64. The van der Waals surface area contributed by atoms with E-state index in [2.05, 4.69) is 15.2 Å². The lowest BCUT2D eigenvalue weighted by Gasteiger charge is -2.38. The Morgan fingerprint density at radius 1 is 1.25 bits per heavy atom. The second-order valence-corrected chi connectivity index (χ2v) is 7.37. The fourth-order valence-electron chi connectivity index (χ4n) is 3.47. The molecule has 0 amide bonds. The molecule has 0 aliphatic carbocycles. The van der Waals surface area contributed by atoms with Crippen molar-refractivity contribution in [3.05, 3.63) is 59.5 Å². The highest BCUT2D eigenvalue weighted by molar-refractivity contribution is 14.0. The summed E-state index contributed by atoms with van der Waals surface area (Å²) in [5.74, 6) is 1.12. The third-order valence-corrected chi connectivity index (χ3v) is 4.91. The van der Waals surface area contributed by atoms with Gasteiger partial charge in [0, 0.05) is 32.0 Å². The predicted molar refractivity (Wildman–Crippen MR) is 133 cm³/mol. The van der Waals surface area contributed by atoms with Crippen molar-refractivity contribution in [3.8, 4) is 5.88 Å². The Morgan fingerprint density at radius 3 is 2.75 bits per heavy atom. The van der Waals surface area contributed by atoms with Gasteiger partial charge in [-0.25, -0.2) is 14.4 Å². The molecule has 1 aliphatic rings. The van der Waals surface area contributed by atoms with E-state index >= 15 is 0 Å². The average Bonchev–Trinajstić information content (AvgIpc) is 2.77. The number of nitrogens with zero attached hydrogens (tertiary/aromatic N) is 3. The Bertz CT molecular complexity index is 853. The Hall–Kier alpha value is -1.98.